The molecule has 3 rings (SSSR count). The highest BCUT2D eigenvalue weighted by atomic mass is 35.5. The first-order valence-electron chi connectivity index (χ1n) is 6.29. The lowest BCUT2D eigenvalue weighted by Crippen LogP contribution is -2.10. The molecule has 0 saturated heterocycles. The van der Waals surface area contributed by atoms with E-state index in [1.807, 2.05) is 0 Å². The summed E-state index contributed by atoms with van der Waals surface area (Å²) in [6.07, 6.45) is 0. The molecule has 8 heteroatoms. The van der Waals surface area contributed by atoms with E-state index >= 15 is 0 Å². The fraction of sp³-hybridized carbons (Fsp3) is 0. The number of rotatable bonds is 3. The summed E-state index contributed by atoms with van der Waals surface area (Å²) < 4.78 is 34.7. The van der Waals surface area contributed by atoms with Crippen LogP contribution in [0.1, 0.15) is 0 Å². The summed E-state index contributed by atoms with van der Waals surface area (Å²) in [5.74, 6) is -0.0705. The van der Waals surface area contributed by atoms with Crippen LogP contribution >= 0.6 is 23.2 Å². The molecule has 0 aliphatic rings. The second-order valence-corrected chi connectivity index (χ2v) is 6.87. The van der Waals surface area contributed by atoms with Crippen LogP contribution < -0.4 is 9.81 Å². The zero-order valence-corrected chi connectivity index (χ0v) is 13.7. The lowest BCUT2D eigenvalue weighted by atomic mass is 10.2. The molecule has 0 bridgehead atoms. The molecule has 0 spiro atoms. The Balaban J connectivity index is 2.04. The van der Waals surface area contributed by atoms with Gasteiger partial charge in [0.2, 0.25) is 0 Å². The molecule has 0 N–H and O–H groups in total. The quantitative estimate of drug-likeness (QED) is 0.516. The Kier molecular flexibility index (Phi) is 4.06. The molecular weight excluding hydrogens is 363 g/mol. The lowest BCUT2D eigenvalue weighted by molar-refractivity contribution is 0.486. The minimum atomic E-state index is -4.12. The van der Waals surface area contributed by atoms with Crippen molar-refractivity contribution in [3.05, 3.63) is 69.0 Å². The first kappa shape index (κ1) is 15.9. The van der Waals surface area contributed by atoms with Gasteiger partial charge in [-0.3, -0.25) is 0 Å². The summed E-state index contributed by atoms with van der Waals surface area (Å²) in [7, 11) is -4.12. The third-order valence-corrected chi connectivity index (χ3v) is 5.03. The molecule has 5 nitrogen and oxygen atoms in total. The number of benzene rings is 2. The van der Waals surface area contributed by atoms with Gasteiger partial charge in [-0.1, -0.05) is 29.3 Å². The Morgan fingerprint density at radius 3 is 2.57 bits per heavy atom. The van der Waals surface area contributed by atoms with Crippen molar-refractivity contribution in [1.29, 1.82) is 0 Å². The fourth-order valence-corrected chi connectivity index (χ4v) is 3.27. The molecule has 1 aromatic heterocycles. The molecule has 1 heterocycles. The van der Waals surface area contributed by atoms with Crippen LogP contribution in [-0.4, -0.2) is 8.42 Å². The van der Waals surface area contributed by atoms with E-state index in [2.05, 4.69) is 0 Å². The first-order chi connectivity index (χ1) is 10.9. The van der Waals surface area contributed by atoms with Crippen molar-refractivity contribution in [3.8, 4) is 5.75 Å². The zero-order valence-electron chi connectivity index (χ0n) is 11.3. The molecule has 0 amide bonds. The Hall–Kier alpha value is -2.02. The van der Waals surface area contributed by atoms with E-state index in [4.69, 9.17) is 31.8 Å². The summed E-state index contributed by atoms with van der Waals surface area (Å²) in [5.41, 5.74) is -0.243. The van der Waals surface area contributed by atoms with Crippen molar-refractivity contribution in [1.82, 2.24) is 0 Å². The maximum absolute atomic E-state index is 12.4. The summed E-state index contributed by atoms with van der Waals surface area (Å²) in [4.78, 5) is 11.0. The minimum Gasteiger partial charge on any atom is -0.423 e. The van der Waals surface area contributed by atoms with Crippen molar-refractivity contribution in [2.45, 2.75) is 4.90 Å². The van der Waals surface area contributed by atoms with Gasteiger partial charge in [0.05, 0.1) is 5.02 Å². The highest BCUT2D eigenvalue weighted by Crippen LogP contribution is 2.33. The highest BCUT2D eigenvalue weighted by molar-refractivity contribution is 7.87. The van der Waals surface area contributed by atoms with Crippen LogP contribution in [0.4, 0.5) is 0 Å². The molecule has 2 aromatic carbocycles. The standard InChI is InChI=1S/C15H8Cl2O5S/c16-11-2-1-3-13(15(11)17)22-23(19,20)10-5-6-12-9(8-10)4-7-14(18)21-12/h1-8H. The largest absolute Gasteiger partial charge is 0.423 e. The van der Waals surface area contributed by atoms with Gasteiger partial charge in [-0.15, -0.1) is 0 Å². The number of hydrogen-bond donors (Lipinski definition) is 0. The molecule has 0 saturated carbocycles. The van der Waals surface area contributed by atoms with Crippen molar-refractivity contribution in [3.63, 3.8) is 0 Å². The van der Waals surface area contributed by atoms with E-state index in [1.165, 1.54) is 48.5 Å². The molecule has 0 unspecified atom stereocenters. The SMILES string of the molecule is O=c1ccc2cc(S(=O)(=O)Oc3cccc(Cl)c3Cl)ccc2o1. The van der Waals surface area contributed by atoms with Crippen LogP contribution in [-0.2, 0) is 10.1 Å². The van der Waals surface area contributed by atoms with Crippen molar-refractivity contribution < 1.29 is 17.0 Å². The zero-order chi connectivity index (χ0) is 16.6. The maximum Gasteiger partial charge on any atom is 0.339 e. The fourth-order valence-electron chi connectivity index (χ4n) is 1.92. The van der Waals surface area contributed by atoms with Crippen LogP contribution in [0.5, 0.6) is 5.75 Å². The van der Waals surface area contributed by atoms with Crippen LogP contribution in [0.3, 0.4) is 0 Å². The molecule has 0 aliphatic carbocycles. The predicted molar refractivity (Wildman–Crippen MR) is 86.8 cm³/mol. The average Bonchev–Trinajstić information content (AvgIpc) is 2.51. The third kappa shape index (κ3) is 3.19. The van der Waals surface area contributed by atoms with E-state index in [0.29, 0.717) is 5.39 Å². The predicted octanol–water partition coefficient (Wildman–Crippen LogP) is 3.87. The van der Waals surface area contributed by atoms with Crippen molar-refractivity contribution in [2.75, 3.05) is 0 Å². The van der Waals surface area contributed by atoms with E-state index < -0.39 is 15.7 Å². The Morgan fingerprint density at radius 2 is 1.78 bits per heavy atom. The van der Waals surface area contributed by atoms with E-state index in [-0.39, 0.29) is 26.3 Å². The number of halogens is 2. The van der Waals surface area contributed by atoms with E-state index in [9.17, 15) is 13.2 Å². The smallest absolute Gasteiger partial charge is 0.339 e. The topological polar surface area (TPSA) is 73.6 Å². The lowest BCUT2D eigenvalue weighted by Gasteiger charge is -2.09. The molecular formula is C15H8Cl2O5S. The van der Waals surface area contributed by atoms with E-state index in [0.717, 1.165) is 0 Å². The van der Waals surface area contributed by atoms with E-state index in [1.54, 1.807) is 0 Å². The van der Waals surface area contributed by atoms with Crippen molar-refractivity contribution in [2.24, 2.45) is 0 Å². The molecule has 0 fully saturated rings. The van der Waals surface area contributed by atoms with Crippen molar-refractivity contribution >= 4 is 44.3 Å². The molecule has 118 valence electrons. The Morgan fingerprint density at radius 1 is 1.00 bits per heavy atom. The second-order valence-electron chi connectivity index (χ2n) is 4.54. The Labute approximate surface area is 141 Å². The van der Waals surface area contributed by atoms with Gasteiger partial charge < -0.3 is 8.60 Å². The van der Waals surface area contributed by atoms with Crippen LogP contribution in [0.15, 0.2) is 62.6 Å². The molecule has 0 radical (unpaired) electrons. The second kappa shape index (κ2) is 5.88. The molecule has 0 atom stereocenters. The summed E-state index contributed by atoms with van der Waals surface area (Å²) in [6.45, 7) is 0. The van der Waals surface area contributed by atoms with Gasteiger partial charge in [0, 0.05) is 11.5 Å². The summed E-state index contributed by atoms with van der Waals surface area (Å²) >= 11 is 11.8. The average molecular weight is 371 g/mol. The van der Waals surface area contributed by atoms with Gasteiger partial charge in [-0.2, -0.15) is 8.42 Å². The summed E-state index contributed by atoms with van der Waals surface area (Å²) in [6, 6.07) is 11.1. The number of fused-ring (bicyclic) bond motifs is 1. The van der Waals surface area contributed by atoms with Gasteiger partial charge in [0.25, 0.3) is 0 Å². The number of hydrogen-bond acceptors (Lipinski definition) is 5. The third-order valence-electron chi connectivity index (χ3n) is 3.00. The normalized spacial score (nSPS) is 11.6. The monoisotopic (exact) mass is 370 g/mol. The highest BCUT2D eigenvalue weighted by Gasteiger charge is 2.20. The minimum absolute atomic E-state index is 0.00419. The van der Waals surface area contributed by atoms with Crippen LogP contribution in [0, 0.1) is 0 Å². The maximum atomic E-state index is 12.4. The van der Waals surface area contributed by atoms with Crippen LogP contribution in [0.2, 0.25) is 10.0 Å². The van der Waals surface area contributed by atoms with Gasteiger partial charge in [0.1, 0.15) is 15.5 Å². The molecule has 0 aliphatic heterocycles. The summed E-state index contributed by atoms with van der Waals surface area (Å²) in [5, 5.41) is 0.635. The van der Waals surface area contributed by atoms with Gasteiger partial charge in [-0.25, -0.2) is 4.79 Å². The molecule has 3 aromatic rings. The van der Waals surface area contributed by atoms with Gasteiger partial charge in [0.15, 0.2) is 5.75 Å². The van der Waals surface area contributed by atoms with Crippen LogP contribution in [0.25, 0.3) is 11.0 Å². The molecule has 23 heavy (non-hydrogen) atoms. The first-order valence-corrected chi connectivity index (χ1v) is 8.46. The van der Waals surface area contributed by atoms with Gasteiger partial charge in [-0.05, 0) is 36.4 Å². The Bertz CT molecular complexity index is 1060. The van der Waals surface area contributed by atoms with Gasteiger partial charge >= 0.3 is 15.7 Å².